The first-order valence-corrected chi connectivity index (χ1v) is 7.03. The Morgan fingerprint density at radius 3 is 2.48 bits per heavy atom. The third kappa shape index (κ3) is 9.02. The third-order valence-corrected chi connectivity index (χ3v) is 2.54. The second-order valence-electron chi connectivity index (χ2n) is 4.64. The maximum atomic E-state index is 12.0. The summed E-state index contributed by atoms with van der Waals surface area (Å²) in [7, 11) is 0. The summed E-state index contributed by atoms with van der Waals surface area (Å²) in [5.41, 5.74) is -0.0540. The van der Waals surface area contributed by atoms with Crippen LogP contribution in [-0.4, -0.2) is 66.6 Å². The number of nitrogens with one attached hydrogen (secondary N) is 1. The predicted molar refractivity (Wildman–Crippen MR) is 78.2 cm³/mol. The summed E-state index contributed by atoms with van der Waals surface area (Å²) >= 11 is 0. The minimum Gasteiger partial charge on any atom is -0.395 e. The van der Waals surface area contributed by atoms with Crippen molar-refractivity contribution in [1.82, 2.24) is 10.2 Å². The minimum atomic E-state index is -0.508. The van der Waals surface area contributed by atoms with Crippen LogP contribution < -0.4 is 5.32 Å². The van der Waals surface area contributed by atoms with Crippen LogP contribution in [0.15, 0.2) is 11.8 Å². The number of aliphatic hydroxyl groups is 2. The topological polar surface area (TPSA) is 106 Å². The van der Waals surface area contributed by atoms with Crippen molar-refractivity contribution in [2.45, 2.75) is 26.4 Å². The molecular formula is C14H25N3O4. The molecule has 0 aliphatic heterocycles. The smallest absolute Gasteiger partial charge is 0.266 e. The average molecular weight is 299 g/mol. The number of nitriles is 1. The fraction of sp³-hybridized carbons (Fsp3) is 0.714. The van der Waals surface area contributed by atoms with Crippen LogP contribution in [0.3, 0.4) is 0 Å². The molecule has 7 heteroatoms. The van der Waals surface area contributed by atoms with Gasteiger partial charge in [0, 0.05) is 32.4 Å². The van der Waals surface area contributed by atoms with Crippen LogP contribution in [0.2, 0.25) is 0 Å². The van der Waals surface area contributed by atoms with E-state index in [1.807, 2.05) is 19.9 Å². The molecule has 120 valence electrons. The molecule has 0 aliphatic rings. The minimum absolute atomic E-state index is 0.0540. The molecule has 0 fully saturated rings. The molecule has 0 aliphatic carbocycles. The lowest BCUT2D eigenvalue weighted by Crippen LogP contribution is -2.37. The molecule has 21 heavy (non-hydrogen) atoms. The summed E-state index contributed by atoms with van der Waals surface area (Å²) in [4.78, 5) is 13.2. The molecule has 1 amide bonds. The number of carbonyl (C=O) groups is 1. The number of hydrogen-bond donors (Lipinski definition) is 3. The maximum absolute atomic E-state index is 12.0. The Kier molecular flexibility index (Phi) is 11.2. The fourth-order valence-corrected chi connectivity index (χ4v) is 1.54. The molecule has 0 aromatic carbocycles. The van der Waals surface area contributed by atoms with Gasteiger partial charge in [-0.05, 0) is 20.3 Å². The van der Waals surface area contributed by atoms with E-state index in [4.69, 9.17) is 20.2 Å². The Hall–Kier alpha value is -1.62. The van der Waals surface area contributed by atoms with Gasteiger partial charge >= 0.3 is 0 Å². The first-order chi connectivity index (χ1) is 10.1. The number of nitrogens with zero attached hydrogens (tertiary/aromatic N) is 2. The molecule has 7 nitrogen and oxygen atoms in total. The Morgan fingerprint density at radius 2 is 2.00 bits per heavy atom. The van der Waals surface area contributed by atoms with Crippen molar-refractivity contribution in [3.8, 4) is 6.07 Å². The van der Waals surface area contributed by atoms with Gasteiger partial charge in [0.2, 0.25) is 0 Å². The number of hydrogen-bond acceptors (Lipinski definition) is 6. The highest BCUT2D eigenvalue weighted by Gasteiger charge is 2.17. The van der Waals surface area contributed by atoms with Crippen LogP contribution >= 0.6 is 0 Å². The fourth-order valence-electron chi connectivity index (χ4n) is 1.54. The van der Waals surface area contributed by atoms with Crippen LogP contribution in [0.5, 0.6) is 0 Å². The molecular weight excluding hydrogens is 274 g/mol. The van der Waals surface area contributed by atoms with Crippen LogP contribution in [0, 0.1) is 11.3 Å². The summed E-state index contributed by atoms with van der Waals surface area (Å²) in [5, 5.41) is 29.6. The quantitative estimate of drug-likeness (QED) is 0.273. The number of rotatable bonds is 11. The largest absolute Gasteiger partial charge is 0.395 e. The highest BCUT2D eigenvalue weighted by molar-refractivity contribution is 5.97. The normalized spacial score (nSPS) is 11.3. The summed E-state index contributed by atoms with van der Waals surface area (Å²) in [6.07, 6.45) is 2.31. The molecule has 3 N–H and O–H groups in total. The van der Waals surface area contributed by atoms with Gasteiger partial charge in [0.1, 0.15) is 11.6 Å². The Balaban J connectivity index is 4.30. The first kappa shape index (κ1) is 19.4. The lowest BCUT2D eigenvalue weighted by atomic mass is 10.2. The zero-order valence-corrected chi connectivity index (χ0v) is 12.7. The third-order valence-electron chi connectivity index (χ3n) is 2.54. The van der Waals surface area contributed by atoms with E-state index in [-0.39, 0.29) is 38.0 Å². The van der Waals surface area contributed by atoms with Gasteiger partial charge in [-0.15, -0.1) is 0 Å². The van der Waals surface area contributed by atoms with E-state index in [1.54, 1.807) is 0 Å². The maximum Gasteiger partial charge on any atom is 0.266 e. The van der Waals surface area contributed by atoms with Gasteiger partial charge in [-0.2, -0.15) is 5.26 Å². The zero-order valence-electron chi connectivity index (χ0n) is 12.7. The lowest BCUT2D eigenvalue weighted by molar-refractivity contribution is -0.127. The SMILES string of the molecule is CC(C)OCCCN/C=C(/C#N)C(=O)N(CCO)CCO. The molecule has 0 unspecified atom stereocenters. The van der Waals surface area contributed by atoms with Crippen molar-refractivity contribution in [3.05, 3.63) is 11.8 Å². The highest BCUT2D eigenvalue weighted by atomic mass is 16.5. The molecule has 0 saturated heterocycles. The first-order valence-electron chi connectivity index (χ1n) is 7.03. The average Bonchev–Trinajstić information content (AvgIpc) is 2.45. The van der Waals surface area contributed by atoms with Crippen molar-refractivity contribution in [3.63, 3.8) is 0 Å². The van der Waals surface area contributed by atoms with Gasteiger partial charge in [-0.1, -0.05) is 0 Å². The molecule has 0 aromatic heterocycles. The van der Waals surface area contributed by atoms with Gasteiger partial charge in [0.25, 0.3) is 5.91 Å². The van der Waals surface area contributed by atoms with Crippen LogP contribution in [-0.2, 0) is 9.53 Å². The van der Waals surface area contributed by atoms with Gasteiger partial charge in [-0.25, -0.2) is 0 Å². The molecule has 0 bridgehead atoms. The number of aliphatic hydroxyl groups excluding tert-OH is 2. The Labute approximate surface area is 125 Å². The standard InChI is InChI=1S/C14H25N3O4/c1-12(2)21-9-3-4-16-11-13(10-15)14(20)17(5-7-18)6-8-19/h11-12,16,18-19H,3-9H2,1-2H3/b13-11-. The van der Waals surface area contributed by atoms with Crippen molar-refractivity contribution in [2.24, 2.45) is 0 Å². The highest BCUT2D eigenvalue weighted by Crippen LogP contribution is 2.00. The Bertz CT molecular complexity index is 358. The van der Waals surface area contributed by atoms with E-state index in [1.165, 1.54) is 11.1 Å². The van der Waals surface area contributed by atoms with E-state index in [0.29, 0.717) is 13.2 Å². The van der Waals surface area contributed by atoms with E-state index in [2.05, 4.69) is 5.32 Å². The van der Waals surface area contributed by atoms with Gasteiger partial charge < -0.3 is 25.2 Å². The molecule has 0 spiro atoms. The van der Waals surface area contributed by atoms with Gasteiger partial charge in [0.05, 0.1) is 19.3 Å². The molecule has 0 saturated carbocycles. The van der Waals surface area contributed by atoms with Crippen molar-refractivity contribution < 1.29 is 19.7 Å². The van der Waals surface area contributed by atoms with Crippen molar-refractivity contribution in [2.75, 3.05) is 39.5 Å². The second-order valence-corrected chi connectivity index (χ2v) is 4.64. The number of amides is 1. The van der Waals surface area contributed by atoms with E-state index >= 15 is 0 Å². The molecule has 0 radical (unpaired) electrons. The summed E-state index contributed by atoms with van der Waals surface area (Å²) in [5.74, 6) is -0.508. The molecule has 0 atom stereocenters. The summed E-state index contributed by atoms with van der Waals surface area (Å²) in [6.45, 7) is 4.84. The zero-order chi connectivity index (χ0) is 16.1. The monoisotopic (exact) mass is 299 g/mol. The van der Waals surface area contributed by atoms with Crippen LogP contribution in [0.4, 0.5) is 0 Å². The summed E-state index contributed by atoms with van der Waals surface area (Å²) < 4.78 is 5.37. The second kappa shape index (κ2) is 12.1. The lowest BCUT2D eigenvalue weighted by Gasteiger charge is -2.20. The molecule has 0 heterocycles. The van der Waals surface area contributed by atoms with E-state index in [9.17, 15) is 4.79 Å². The van der Waals surface area contributed by atoms with E-state index < -0.39 is 5.91 Å². The molecule has 0 aromatic rings. The summed E-state index contributed by atoms with van der Waals surface area (Å²) in [6, 6.07) is 1.82. The van der Waals surface area contributed by atoms with Crippen LogP contribution in [0.1, 0.15) is 20.3 Å². The Morgan fingerprint density at radius 1 is 1.38 bits per heavy atom. The van der Waals surface area contributed by atoms with Gasteiger partial charge in [-0.3, -0.25) is 4.79 Å². The molecule has 0 rings (SSSR count). The number of ether oxygens (including phenoxy) is 1. The predicted octanol–water partition coefficient (Wildman–Crippen LogP) is -0.388. The van der Waals surface area contributed by atoms with Crippen LogP contribution in [0.25, 0.3) is 0 Å². The van der Waals surface area contributed by atoms with E-state index in [0.717, 1.165) is 6.42 Å². The van der Waals surface area contributed by atoms with Crippen molar-refractivity contribution >= 4 is 5.91 Å². The van der Waals surface area contributed by atoms with Gasteiger partial charge in [0.15, 0.2) is 0 Å². The number of carbonyl (C=O) groups excluding carboxylic acids is 1. The van der Waals surface area contributed by atoms with Crippen molar-refractivity contribution in [1.29, 1.82) is 5.26 Å².